The molecule has 2 aromatic heterocycles. The number of aryl methyl sites for hydroxylation is 1. The summed E-state index contributed by atoms with van der Waals surface area (Å²) in [6, 6.07) is 10.8. The molecule has 4 heteroatoms. The summed E-state index contributed by atoms with van der Waals surface area (Å²) in [7, 11) is 0. The maximum Gasteiger partial charge on any atom is 0.0708 e. The van der Waals surface area contributed by atoms with Crippen LogP contribution in [0, 0.1) is 6.92 Å². The molecule has 0 N–H and O–H groups in total. The summed E-state index contributed by atoms with van der Waals surface area (Å²) in [4.78, 5) is 6.99. The lowest BCUT2D eigenvalue weighted by atomic mass is 10.2. The van der Waals surface area contributed by atoms with Crippen LogP contribution in [0.2, 0.25) is 0 Å². The van der Waals surface area contributed by atoms with Gasteiger partial charge in [-0.25, -0.2) is 0 Å². The van der Waals surface area contributed by atoms with Gasteiger partial charge < -0.3 is 9.30 Å². The maximum absolute atomic E-state index is 5.44. The Balaban J connectivity index is 1.76. The molecule has 0 bridgehead atoms. The Hall–Kier alpha value is -1.91. The summed E-state index contributed by atoms with van der Waals surface area (Å²) in [6.45, 7) is 7.94. The van der Waals surface area contributed by atoms with Gasteiger partial charge in [-0.3, -0.25) is 9.88 Å². The lowest BCUT2D eigenvalue weighted by Crippen LogP contribution is -2.38. The van der Waals surface area contributed by atoms with Gasteiger partial charge in [0.05, 0.1) is 24.4 Å². The third-order valence-electron chi connectivity index (χ3n) is 4.61. The molecule has 114 valence electrons. The van der Waals surface area contributed by atoms with E-state index in [0.717, 1.165) is 45.1 Å². The Morgan fingerprint density at radius 3 is 2.73 bits per heavy atom. The molecule has 3 aromatic rings. The number of hydrogen-bond donors (Lipinski definition) is 0. The first-order chi connectivity index (χ1) is 10.8. The van der Waals surface area contributed by atoms with Gasteiger partial charge in [0, 0.05) is 48.7 Å². The first-order valence-corrected chi connectivity index (χ1v) is 7.97. The van der Waals surface area contributed by atoms with E-state index >= 15 is 0 Å². The molecule has 1 fully saturated rings. The number of aromatic nitrogens is 2. The summed E-state index contributed by atoms with van der Waals surface area (Å²) >= 11 is 0. The summed E-state index contributed by atoms with van der Waals surface area (Å²) in [5.74, 6) is 0. The number of fused-ring (bicyclic) bond motifs is 3. The molecular weight excluding hydrogens is 274 g/mol. The van der Waals surface area contributed by atoms with Gasteiger partial charge in [0.25, 0.3) is 0 Å². The standard InChI is InChI=1S/C18H21N3O/c1-14-18-16(6-7-19-14)15-4-2-3-5-17(15)21(18)9-8-20-10-12-22-13-11-20/h2-7H,8-13H2,1H3. The molecule has 0 saturated carbocycles. The van der Waals surface area contributed by atoms with Crippen LogP contribution in [0.4, 0.5) is 0 Å². The van der Waals surface area contributed by atoms with Crippen molar-refractivity contribution in [3.05, 3.63) is 42.2 Å². The first kappa shape index (κ1) is 13.7. The molecule has 1 aromatic carbocycles. The quantitative estimate of drug-likeness (QED) is 0.744. The fourth-order valence-corrected chi connectivity index (χ4v) is 3.47. The van der Waals surface area contributed by atoms with E-state index in [1.165, 1.54) is 21.8 Å². The molecule has 0 radical (unpaired) electrons. The van der Waals surface area contributed by atoms with Crippen molar-refractivity contribution < 1.29 is 4.74 Å². The van der Waals surface area contributed by atoms with Crippen LogP contribution in [0.3, 0.4) is 0 Å². The van der Waals surface area contributed by atoms with E-state index < -0.39 is 0 Å². The SMILES string of the molecule is Cc1nccc2c3ccccc3n(CCN3CCOCC3)c12. The maximum atomic E-state index is 5.44. The summed E-state index contributed by atoms with van der Waals surface area (Å²) in [5, 5.41) is 2.63. The van der Waals surface area contributed by atoms with Crippen molar-refractivity contribution in [3.63, 3.8) is 0 Å². The minimum absolute atomic E-state index is 0.855. The van der Waals surface area contributed by atoms with Gasteiger partial charge in [-0.15, -0.1) is 0 Å². The lowest BCUT2D eigenvalue weighted by Gasteiger charge is -2.27. The van der Waals surface area contributed by atoms with E-state index in [2.05, 4.69) is 51.7 Å². The summed E-state index contributed by atoms with van der Waals surface area (Å²) in [5.41, 5.74) is 3.69. The van der Waals surface area contributed by atoms with Crippen LogP contribution in [-0.2, 0) is 11.3 Å². The van der Waals surface area contributed by atoms with Gasteiger partial charge in [0.2, 0.25) is 0 Å². The molecule has 1 saturated heterocycles. The molecule has 0 amide bonds. The van der Waals surface area contributed by atoms with Gasteiger partial charge >= 0.3 is 0 Å². The van der Waals surface area contributed by atoms with Crippen molar-refractivity contribution in [2.24, 2.45) is 0 Å². The highest BCUT2D eigenvalue weighted by molar-refractivity contribution is 6.08. The Bertz CT molecular complexity index is 803. The number of ether oxygens (including phenoxy) is 1. The van der Waals surface area contributed by atoms with E-state index in [0.29, 0.717) is 0 Å². The number of rotatable bonds is 3. The Morgan fingerprint density at radius 2 is 1.86 bits per heavy atom. The van der Waals surface area contributed by atoms with Gasteiger partial charge in [-0.2, -0.15) is 0 Å². The van der Waals surface area contributed by atoms with Crippen molar-refractivity contribution in [1.82, 2.24) is 14.5 Å². The zero-order chi connectivity index (χ0) is 14.9. The summed E-state index contributed by atoms with van der Waals surface area (Å²) in [6.07, 6.45) is 1.91. The Kier molecular flexibility index (Phi) is 3.56. The van der Waals surface area contributed by atoms with Crippen molar-refractivity contribution >= 4 is 21.8 Å². The van der Waals surface area contributed by atoms with Gasteiger partial charge in [0.15, 0.2) is 0 Å². The van der Waals surface area contributed by atoms with Crippen LogP contribution in [0.15, 0.2) is 36.5 Å². The molecular formula is C18H21N3O. The minimum atomic E-state index is 0.855. The zero-order valence-electron chi connectivity index (χ0n) is 13.0. The van der Waals surface area contributed by atoms with Crippen LogP contribution >= 0.6 is 0 Å². The second-order valence-corrected chi connectivity index (χ2v) is 5.92. The summed E-state index contributed by atoms with van der Waals surface area (Å²) < 4.78 is 7.87. The van der Waals surface area contributed by atoms with Crippen LogP contribution in [0.25, 0.3) is 21.8 Å². The predicted molar refractivity (Wildman–Crippen MR) is 89.2 cm³/mol. The Labute approximate surface area is 130 Å². The molecule has 3 heterocycles. The number of nitrogens with zero attached hydrogens (tertiary/aromatic N) is 3. The van der Waals surface area contributed by atoms with E-state index in [1.54, 1.807) is 0 Å². The number of benzene rings is 1. The van der Waals surface area contributed by atoms with Crippen molar-refractivity contribution in [2.45, 2.75) is 13.5 Å². The normalized spacial score (nSPS) is 16.6. The van der Waals surface area contributed by atoms with Gasteiger partial charge in [-0.1, -0.05) is 18.2 Å². The lowest BCUT2D eigenvalue weighted by molar-refractivity contribution is 0.0366. The molecule has 0 spiro atoms. The van der Waals surface area contributed by atoms with Crippen molar-refractivity contribution in [1.29, 1.82) is 0 Å². The monoisotopic (exact) mass is 295 g/mol. The smallest absolute Gasteiger partial charge is 0.0708 e. The predicted octanol–water partition coefficient (Wildman–Crippen LogP) is 2.83. The van der Waals surface area contributed by atoms with E-state index in [9.17, 15) is 0 Å². The van der Waals surface area contributed by atoms with Crippen LogP contribution in [0.5, 0.6) is 0 Å². The first-order valence-electron chi connectivity index (χ1n) is 7.97. The Morgan fingerprint density at radius 1 is 1.05 bits per heavy atom. The van der Waals surface area contributed by atoms with Crippen LogP contribution in [-0.4, -0.2) is 47.3 Å². The number of pyridine rings is 1. The topological polar surface area (TPSA) is 30.3 Å². The number of para-hydroxylation sites is 1. The second-order valence-electron chi connectivity index (χ2n) is 5.92. The second kappa shape index (κ2) is 5.71. The highest BCUT2D eigenvalue weighted by atomic mass is 16.5. The van der Waals surface area contributed by atoms with Gasteiger partial charge in [-0.05, 0) is 19.1 Å². The minimum Gasteiger partial charge on any atom is -0.379 e. The van der Waals surface area contributed by atoms with Crippen molar-refractivity contribution in [3.8, 4) is 0 Å². The molecule has 1 aliphatic heterocycles. The van der Waals surface area contributed by atoms with Gasteiger partial charge in [0.1, 0.15) is 0 Å². The molecule has 22 heavy (non-hydrogen) atoms. The third-order valence-corrected chi connectivity index (χ3v) is 4.61. The highest BCUT2D eigenvalue weighted by Crippen LogP contribution is 2.29. The molecule has 0 aliphatic carbocycles. The zero-order valence-corrected chi connectivity index (χ0v) is 13.0. The molecule has 1 aliphatic rings. The molecule has 4 rings (SSSR count). The van der Waals surface area contributed by atoms with E-state index in [1.807, 2.05) is 6.20 Å². The molecule has 0 atom stereocenters. The van der Waals surface area contributed by atoms with Crippen LogP contribution in [0.1, 0.15) is 5.69 Å². The largest absolute Gasteiger partial charge is 0.379 e. The fourth-order valence-electron chi connectivity index (χ4n) is 3.47. The van der Waals surface area contributed by atoms with E-state index in [-0.39, 0.29) is 0 Å². The average molecular weight is 295 g/mol. The highest BCUT2D eigenvalue weighted by Gasteiger charge is 2.15. The number of morpholine rings is 1. The molecule has 4 nitrogen and oxygen atoms in total. The van der Waals surface area contributed by atoms with Crippen molar-refractivity contribution in [2.75, 3.05) is 32.8 Å². The average Bonchev–Trinajstić information content (AvgIpc) is 2.89. The van der Waals surface area contributed by atoms with Crippen LogP contribution < -0.4 is 0 Å². The van der Waals surface area contributed by atoms with E-state index in [4.69, 9.17) is 4.74 Å². The number of hydrogen-bond acceptors (Lipinski definition) is 3. The third kappa shape index (κ3) is 2.28. The fraction of sp³-hybridized carbons (Fsp3) is 0.389. The molecule has 0 unspecified atom stereocenters.